The molecule has 1 N–H and O–H groups in total. The third-order valence-electron chi connectivity index (χ3n) is 2.96. The van der Waals surface area contributed by atoms with Crippen molar-refractivity contribution in [2.45, 2.75) is 12.5 Å². The maximum atomic E-state index is 4.42. The molecule has 1 atom stereocenters. The van der Waals surface area contributed by atoms with Gasteiger partial charge in [-0.15, -0.1) is 0 Å². The highest BCUT2D eigenvalue weighted by molar-refractivity contribution is 9.10. The van der Waals surface area contributed by atoms with Crippen molar-refractivity contribution in [1.29, 1.82) is 0 Å². The van der Waals surface area contributed by atoms with Gasteiger partial charge in [-0.3, -0.25) is 0 Å². The molecular weight excluding hydrogens is 254 g/mol. The van der Waals surface area contributed by atoms with Gasteiger partial charge >= 0.3 is 0 Å². The fourth-order valence-electron chi connectivity index (χ4n) is 2.17. The molecule has 1 fully saturated rings. The van der Waals surface area contributed by atoms with Crippen LogP contribution in [0.1, 0.15) is 12.5 Å². The Kier molecular flexibility index (Phi) is 2.25. The van der Waals surface area contributed by atoms with E-state index in [0.717, 1.165) is 23.1 Å². The maximum Gasteiger partial charge on any atom is 0.0961 e. The molecule has 0 unspecified atom stereocenters. The zero-order valence-corrected chi connectivity index (χ0v) is 9.87. The average molecular weight is 266 g/mol. The lowest BCUT2D eigenvalue weighted by Gasteiger charge is -2.11. The molecule has 1 aliphatic heterocycles. The van der Waals surface area contributed by atoms with Gasteiger partial charge in [-0.1, -0.05) is 15.9 Å². The number of halogens is 1. The minimum absolute atomic E-state index is 0.560. The van der Waals surface area contributed by atoms with Gasteiger partial charge in [0.2, 0.25) is 0 Å². The molecule has 0 aliphatic carbocycles. The first-order chi connectivity index (χ1) is 7.34. The van der Waals surface area contributed by atoms with Gasteiger partial charge < -0.3 is 9.88 Å². The first-order valence-corrected chi connectivity index (χ1v) is 5.97. The molecule has 4 heteroatoms. The number of nitrogens with one attached hydrogen (secondary N) is 1. The highest BCUT2D eigenvalue weighted by atomic mass is 79.9. The third kappa shape index (κ3) is 1.58. The number of rotatable bonds is 1. The van der Waals surface area contributed by atoms with Gasteiger partial charge in [0.1, 0.15) is 0 Å². The number of fused-ring (bicyclic) bond motifs is 1. The van der Waals surface area contributed by atoms with Crippen LogP contribution in [0, 0.1) is 0 Å². The predicted molar refractivity (Wildman–Crippen MR) is 64.0 cm³/mol. The molecule has 15 heavy (non-hydrogen) atoms. The van der Waals surface area contributed by atoms with Crippen LogP contribution in [0.5, 0.6) is 0 Å². The van der Waals surface area contributed by atoms with Crippen LogP contribution in [0.4, 0.5) is 0 Å². The van der Waals surface area contributed by atoms with Crippen molar-refractivity contribution in [3.8, 4) is 0 Å². The molecule has 0 saturated carbocycles. The summed E-state index contributed by atoms with van der Waals surface area (Å²) < 4.78 is 3.39. The van der Waals surface area contributed by atoms with Crippen molar-refractivity contribution >= 4 is 27.0 Å². The molecule has 2 heterocycles. The standard InChI is InChI=1S/C11H12BrN3/c12-8-1-2-10-11(5-8)15(7-14-10)9-3-4-13-6-9/h1-2,5,7,9,13H,3-4,6H2/t9-/m0/s1. The molecule has 0 spiro atoms. The van der Waals surface area contributed by atoms with Crippen LogP contribution >= 0.6 is 15.9 Å². The Labute approximate surface area is 96.6 Å². The highest BCUT2D eigenvalue weighted by Crippen LogP contribution is 2.24. The first kappa shape index (κ1) is 9.36. The monoisotopic (exact) mass is 265 g/mol. The molecule has 2 aromatic rings. The number of hydrogen-bond donors (Lipinski definition) is 1. The Bertz CT molecular complexity index is 486. The van der Waals surface area contributed by atoms with Crippen LogP contribution in [0.25, 0.3) is 11.0 Å². The molecule has 0 radical (unpaired) electrons. The van der Waals surface area contributed by atoms with E-state index in [4.69, 9.17) is 0 Å². The molecule has 0 amide bonds. The summed E-state index contributed by atoms with van der Waals surface area (Å²) in [6, 6.07) is 6.79. The Balaban J connectivity index is 2.13. The molecule has 78 valence electrons. The minimum Gasteiger partial charge on any atom is -0.326 e. The smallest absolute Gasteiger partial charge is 0.0961 e. The molecule has 3 nitrogen and oxygen atoms in total. The quantitative estimate of drug-likeness (QED) is 0.858. The molecule has 1 aromatic heterocycles. The summed E-state index contributed by atoms with van der Waals surface area (Å²) >= 11 is 3.50. The molecule has 0 bridgehead atoms. The Morgan fingerprint density at radius 1 is 1.47 bits per heavy atom. The number of benzene rings is 1. The highest BCUT2D eigenvalue weighted by Gasteiger charge is 2.17. The van der Waals surface area contributed by atoms with Crippen molar-refractivity contribution in [2.75, 3.05) is 13.1 Å². The normalized spacial score (nSPS) is 21.3. The summed E-state index contributed by atoms with van der Waals surface area (Å²) in [5.41, 5.74) is 2.29. The van der Waals surface area contributed by atoms with Gasteiger partial charge in [-0.25, -0.2) is 4.98 Å². The summed E-state index contributed by atoms with van der Waals surface area (Å²) in [6.45, 7) is 2.16. The van der Waals surface area contributed by atoms with Crippen LogP contribution in [-0.2, 0) is 0 Å². The van der Waals surface area contributed by atoms with E-state index < -0.39 is 0 Å². The largest absolute Gasteiger partial charge is 0.326 e. The van der Waals surface area contributed by atoms with E-state index in [1.807, 2.05) is 12.4 Å². The van der Waals surface area contributed by atoms with Crippen LogP contribution in [0.3, 0.4) is 0 Å². The molecule has 1 aromatic carbocycles. The lowest BCUT2D eigenvalue weighted by Crippen LogP contribution is -2.12. The van der Waals surface area contributed by atoms with Crippen LogP contribution in [0.2, 0.25) is 0 Å². The van der Waals surface area contributed by atoms with Crippen LogP contribution < -0.4 is 5.32 Å². The third-order valence-corrected chi connectivity index (χ3v) is 3.46. The summed E-state index contributed by atoms with van der Waals surface area (Å²) in [6.07, 6.45) is 3.15. The summed E-state index contributed by atoms with van der Waals surface area (Å²) in [7, 11) is 0. The van der Waals surface area contributed by atoms with Gasteiger partial charge in [0.05, 0.1) is 17.4 Å². The Morgan fingerprint density at radius 2 is 2.40 bits per heavy atom. The molecule has 1 aliphatic rings. The maximum absolute atomic E-state index is 4.42. The predicted octanol–water partition coefficient (Wildman–Crippen LogP) is 2.33. The van der Waals surface area contributed by atoms with Crippen molar-refractivity contribution in [3.63, 3.8) is 0 Å². The number of hydrogen-bond acceptors (Lipinski definition) is 2. The van der Waals surface area contributed by atoms with Crippen molar-refractivity contribution in [3.05, 3.63) is 29.0 Å². The molecular formula is C11H12BrN3. The Morgan fingerprint density at radius 3 is 3.20 bits per heavy atom. The Hall–Kier alpha value is -0.870. The second-order valence-corrected chi connectivity index (χ2v) is 4.85. The lowest BCUT2D eigenvalue weighted by molar-refractivity contribution is 0.561. The second kappa shape index (κ2) is 3.61. The van der Waals surface area contributed by atoms with Gasteiger partial charge in [-0.2, -0.15) is 0 Å². The van der Waals surface area contributed by atoms with E-state index in [0.29, 0.717) is 6.04 Å². The summed E-state index contributed by atoms with van der Waals surface area (Å²) in [5.74, 6) is 0. The van der Waals surface area contributed by atoms with E-state index in [1.54, 1.807) is 0 Å². The zero-order chi connectivity index (χ0) is 10.3. The number of imidazole rings is 1. The number of nitrogens with zero attached hydrogens (tertiary/aromatic N) is 2. The van der Waals surface area contributed by atoms with E-state index in [1.165, 1.54) is 11.9 Å². The minimum atomic E-state index is 0.560. The van der Waals surface area contributed by atoms with Crippen molar-refractivity contribution in [2.24, 2.45) is 0 Å². The average Bonchev–Trinajstić information content (AvgIpc) is 2.83. The lowest BCUT2D eigenvalue weighted by atomic mass is 10.2. The van der Waals surface area contributed by atoms with Gasteiger partial charge in [0.25, 0.3) is 0 Å². The number of aromatic nitrogens is 2. The SMILES string of the molecule is Brc1ccc2ncn([C@H]3CCNC3)c2c1. The second-order valence-electron chi connectivity index (χ2n) is 3.93. The van der Waals surface area contributed by atoms with Gasteiger partial charge in [0, 0.05) is 17.1 Å². The van der Waals surface area contributed by atoms with E-state index in [2.05, 4.69) is 42.9 Å². The fraction of sp³-hybridized carbons (Fsp3) is 0.364. The topological polar surface area (TPSA) is 29.9 Å². The van der Waals surface area contributed by atoms with E-state index in [9.17, 15) is 0 Å². The van der Waals surface area contributed by atoms with Crippen LogP contribution in [-0.4, -0.2) is 22.6 Å². The molecule has 3 rings (SSSR count). The van der Waals surface area contributed by atoms with Gasteiger partial charge in [-0.05, 0) is 31.2 Å². The summed E-state index contributed by atoms with van der Waals surface area (Å²) in [4.78, 5) is 4.42. The van der Waals surface area contributed by atoms with Gasteiger partial charge in [0.15, 0.2) is 0 Å². The van der Waals surface area contributed by atoms with Crippen molar-refractivity contribution < 1.29 is 0 Å². The first-order valence-electron chi connectivity index (χ1n) is 5.17. The molecule has 1 saturated heterocycles. The zero-order valence-electron chi connectivity index (χ0n) is 8.28. The summed E-state index contributed by atoms with van der Waals surface area (Å²) in [5, 5.41) is 3.38. The van der Waals surface area contributed by atoms with E-state index in [-0.39, 0.29) is 0 Å². The van der Waals surface area contributed by atoms with Crippen LogP contribution in [0.15, 0.2) is 29.0 Å². The van der Waals surface area contributed by atoms with Crippen molar-refractivity contribution in [1.82, 2.24) is 14.9 Å². The van der Waals surface area contributed by atoms with E-state index >= 15 is 0 Å². The fourth-order valence-corrected chi connectivity index (χ4v) is 2.52.